The third kappa shape index (κ3) is 1.53. The van der Waals surface area contributed by atoms with Gasteiger partial charge in [-0.25, -0.2) is 14.9 Å². The standard InChI is InChI=1S/C11H17N3O7/c1-10(19)2-3-7(17)13-9(12)14(20)11(3)4(15)6(10)21-8(18)5(11)16/h3-7,15-17,19-20H,2H2,1H3,(H2,12,13)/t3-,4-,5-,6+,7-,10+,11-/m1/s1. The summed E-state index contributed by atoms with van der Waals surface area (Å²) in [5, 5.41) is 51.6. The molecule has 2 bridgehead atoms. The van der Waals surface area contributed by atoms with Gasteiger partial charge in [0.1, 0.15) is 17.2 Å². The van der Waals surface area contributed by atoms with Gasteiger partial charge in [-0.2, -0.15) is 0 Å². The molecule has 2 heterocycles. The molecule has 0 aromatic heterocycles. The number of aliphatic hydroxyl groups excluding tert-OH is 3. The fourth-order valence-electron chi connectivity index (χ4n) is 3.68. The number of carbonyl (C=O) groups is 1. The van der Waals surface area contributed by atoms with E-state index in [1.807, 2.05) is 0 Å². The molecule has 1 saturated carbocycles. The lowest BCUT2D eigenvalue weighted by Gasteiger charge is -2.62. The molecule has 0 amide bonds. The summed E-state index contributed by atoms with van der Waals surface area (Å²) in [6.07, 6.45) is -6.69. The van der Waals surface area contributed by atoms with Gasteiger partial charge in [0.25, 0.3) is 0 Å². The van der Waals surface area contributed by atoms with Gasteiger partial charge in [-0.1, -0.05) is 0 Å². The minimum atomic E-state index is -2.02. The Bertz CT molecular complexity index is 524. The van der Waals surface area contributed by atoms with Gasteiger partial charge in [0.15, 0.2) is 18.4 Å². The molecule has 7 atom stereocenters. The fraction of sp³-hybridized carbons (Fsp3) is 0.818. The van der Waals surface area contributed by atoms with Crippen molar-refractivity contribution in [2.45, 2.75) is 49.0 Å². The average molecular weight is 303 g/mol. The normalized spacial score (nSPS) is 52.9. The summed E-state index contributed by atoms with van der Waals surface area (Å²) in [7, 11) is 0. The van der Waals surface area contributed by atoms with Gasteiger partial charge < -0.3 is 30.9 Å². The van der Waals surface area contributed by atoms with Crippen molar-refractivity contribution >= 4 is 11.9 Å². The van der Waals surface area contributed by atoms with E-state index in [0.717, 1.165) is 0 Å². The number of hydroxylamine groups is 2. The lowest BCUT2D eigenvalue weighted by atomic mass is 9.59. The predicted octanol–water partition coefficient (Wildman–Crippen LogP) is -3.52. The molecule has 3 rings (SSSR count). The first-order valence-corrected chi connectivity index (χ1v) is 6.43. The van der Waals surface area contributed by atoms with E-state index in [9.17, 15) is 30.4 Å². The molecular weight excluding hydrogens is 286 g/mol. The van der Waals surface area contributed by atoms with Crippen molar-refractivity contribution in [2.75, 3.05) is 0 Å². The van der Waals surface area contributed by atoms with Crippen molar-refractivity contribution in [3.63, 3.8) is 0 Å². The van der Waals surface area contributed by atoms with Gasteiger partial charge in [0, 0.05) is 5.92 Å². The van der Waals surface area contributed by atoms with Crippen molar-refractivity contribution < 1.29 is 35.2 Å². The van der Waals surface area contributed by atoms with Crippen molar-refractivity contribution in [1.29, 1.82) is 0 Å². The van der Waals surface area contributed by atoms with Crippen LogP contribution in [0.1, 0.15) is 13.3 Å². The van der Waals surface area contributed by atoms with Crippen molar-refractivity contribution in [3.05, 3.63) is 0 Å². The molecule has 118 valence electrons. The van der Waals surface area contributed by atoms with E-state index in [0.29, 0.717) is 5.06 Å². The first kappa shape index (κ1) is 14.5. The number of nitrogens with two attached hydrogens (primary N) is 1. The van der Waals surface area contributed by atoms with Crippen LogP contribution in [0.15, 0.2) is 4.99 Å². The largest absolute Gasteiger partial charge is 0.454 e. The highest BCUT2D eigenvalue weighted by Gasteiger charge is 2.73. The Morgan fingerprint density at radius 2 is 2.05 bits per heavy atom. The van der Waals surface area contributed by atoms with E-state index >= 15 is 0 Å². The lowest BCUT2D eigenvalue weighted by molar-refractivity contribution is -0.322. The molecule has 1 saturated heterocycles. The number of nitrogens with zero attached hydrogens (tertiary/aromatic N) is 2. The number of carbonyl (C=O) groups excluding carboxylic acids is 1. The Labute approximate surface area is 119 Å². The van der Waals surface area contributed by atoms with Gasteiger partial charge in [0.05, 0.1) is 0 Å². The summed E-state index contributed by atoms with van der Waals surface area (Å²) < 4.78 is 4.87. The smallest absolute Gasteiger partial charge is 0.338 e. The maximum atomic E-state index is 11.9. The number of guanidine groups is 1. The fourth-order valence-corrected chi connectivity index (χ4v) is 3.68. The Morgan fingerprint density at radius 3 is 2.67 bits per heavy atom. The zero-order chi connectivity index (χ0) is 15.7. The number of esters is 1. The molecule has 1 aliphatic carbocycles. The third-order valence-corrected chi connectivity index (χ3v) is 4.71. The summed E-state index contributed by atoms with van der Waals surface area (Å²) in [5.41, 5.74) is 1.79. The molecule has 0 aromatic rings. The molecule has 0 radical (unpaired) electrons. The summed E-state index contributed by atoms with van der Waals surface area (Å²) in [6.45, 7) is 1.33. The van der Waals surface area contributed by atoms with E-state index in [4.69, 9.17) is 10.5 Å². The number of aliphatic hydroxyl groups is 4. The number of fused-ring (bicyclic) bond motifs is 1. The van der Waals surface area contributed by atoms with Crippen LogP contribution in [0.4, 0.5) is 0 Å². The van der Waals surface area contributed by atoms with Crippen LogP contribution in [0.3, 0.4) is 0 Å². The summed E-state index contributed by atoms with van der Waals surface area (Å²) in [6, 6.07) is 0. The number of aliphatic imine (C=N–C) groups is 1. The summed E-state index contributed by atoms with van der Waals surface area (Å²) in [5.74, 6) is -2.80. The second-order valence-electron chi connectivity index (χ2n) is 5.97. The zero-order valence-electron chi connectivity index (χ0n) is 11.1. The van der Waals surface area contributed by atoms with Crippen LogP contribution in [0.25, 0.3) is 0 Å². The van der Waals surface area contributed by atoms with E-state index < -0.39 is 53.5 Å². The van der Waals surface area contributed by atoms with Gasteiger partial charge in [0.2, 0.25) is 5.96 Å². The molecule has 2 fully saturated rings. The molecule has 21 heavy (non-hydrogen) atoms. The highest BCUT2D eigenvalue weighted by Crippen LogP contribution is 2.51. The van der Waals surface area contributed by atoms with Crippen LogP contribution in [0, 0.1) is 5.92 Å². The summed E-state index contributed by atoms with van der Waals surface area (Å²) >= 11 is 0. The Hall–Kier alpha value is -1.46. The van der Waals surface area contributed by atoms with Crippen molar-refractivity contribution in [1.82, 2.24) is 5.06 Å². The van der Waals surface area contributed by atoms with Crippen molar-refractivity contribution in [2.24, 2.45) is 16.6 Å². The topological polar surface area (TPSA) is 169 Å². The molecular formula is C11H17N3O7. The average Bonchev–Trinajstić information content (AvgIpc) is 2.38. The van der Waals surface area contributed by atoms with Gasteiger partial charge in [-0.05, 0) is 13.3 Å². The maximum Gasteiger partial charge on any atom is 0.338 e. The first-order chi connectivity index (χ1) is 9.64. The van der Waals surface area contributed by atoms with E-state index in [2.05, 4.69) is 4.99 Å². The Kier molecular flexibility index (Phi) is 2.79. The number of ether oxygens (including phenoxy) is 1. The molecule has 1 spiro atoms. The second kappa shape index (κ2) is 4.05. The van der Waals surface area contributed by atoms with E-state index in [1.54, 1.807) is 0 Å². The molecule has 10 heteroatoms. The van der Waals surface area contributed by atoms with Gasteiger partial charge in [-0.15, -0.1) is 0 Å². The second-order valence-corrected chi connectivity index (χ2v) is 5.97. The molecule has 7 N–H and O–H groups in total. The highest BCUT2D eigenvalue weighted by molar-refractivity contribution is 5.84. The Balaban J connectivity index is 2.22. The molecule has 3 aliphatic rings. The minimum Gasteiger partial charge on any atom is -0.454 e. The lowest BCUT2D eigenvalue weighted by Crippen LogP contribution is -2.84. The molecule has 2 aliphatic heterocycles. The molecule has 0 aromatic carbocycles. The highest BCUT2D eigenvalue weighted by atomic mass is 16.6. The van der Waals surface area contributed by atoms with Crippen LogP contribution in [0.5, 0.6) is 0 Å². The van der Waals surface area contributed by atoms with Crippen LogP contribution in [-0.4, -0.2) is 78.3 Å². The van der Waals surface area contributed by atoms with Gasteiger partial charge in [-0.3, -0.25) is 5.21 Å². The zero-order valence-corrected chi connectivity index (χ0v) is 11.1. The first-order valence-electron chi connectivity index (χ1n) is 6.43. The van der Waals surface area contributed by atoms with Gasteiger partial charge >= 0.3 is 5.97 Å². The van der Waals surface area contributed by atoms with E-state index in [-0.39, 0.29) is 6.42 Å². The number of hydrogen-bond acceptors (Lipinski definition) is 10. The maximum absolute atomic E-state index is 11.9. The van der Waals surface area contributed by atoms with Crippen molar-refractivity contribution in [3.8, 4) is 0 Å². The quantitative estimate of drug-likeness (QED) is 0.248. The summed E-state index contributed by atoms with van der Waals surface area (Å²) in [4.78, 5) is 15.4. The minimum absolute atomic E-state index is 0.173. The van der Waals surface area contributed by atoms with Crippen LogP contribution < -0.4 is 5.73 Å². The SMILES string of the molecule is C[C@]1(O)C[C@@H]2[C@@H](O)N=C(N)N(O)[C@]23[C@H](O)C(=O)O[C@H]1[C@H]3O. The van der Waals surface area contributed by atoms with E-state index in [1.165, 1.54) is 6.92 Å². The predicted molar refractivity (Wildman–Crippen MR) is 64.6 cm³/mol. The third-order valence-electron chi connectivity index (χ3n) is 4.71. The van der Waals surface area contributed by atoms with Crippen LogP contribution >= 0.6 is 0 Å². The van der Waals surface area contributed by atoms with Crippen LogP contribution in [-0.2, 0) is 9.53 Å². The monoisotopic (exact) mass is 303 g/mol. The molecule has 0 unspecified atom stereocenters. The number of hydrogen-bond donors (Lipinski definition) is 6. The molecule has 10 nitrogen and oxygen atoms in total. The Morgan fingerprint density at radius 1 is 1.43 bits per heavy atom. The number of rotatable bonds is 0. The van der Waals surface area contributed by atoms with Crippen LogP contribution in [0.2, 0.25) is 0 Å².